The van der Waals surface area contributed by atoms with E-state index in [9.17, 15) is 7.85 Å². The predicted octanol–water partition coefficient (Wildman–Crippen LogP) is 14.9. The molecular weight excluding hydrogens is 938 g/mol. The molecule has 0 spiro atoms. The second kappa shape index (κ2) is 17.3. The van der Waals surface area contributed by atoms with E-state index in [2.05, 4.69) is 88.6 Å². The van der Waals surface area contributed by atoms with Gasteiger partial charge in [0.1, 0.15) is 11.6 Å². The average Bonchev–Trinajstić information content (AvgIpc) is 3.98. The van der Waals surface area contributed by atoms with E-state index in [1.165, 1.54) is 0 Å². The predicted molar refractivity (Wildman–Crippen MR) is 254 cm³/mol. The molecule has 2 aromatic heterocycles. The third-order valence-corrected chi connectivity index (χ3v) is 12.1. The Labute approximate surface area is 389 Å². The molecule has 5 heteroatoms. The SMILES string of the molecule is [2H]C([2H])([2H])c1ccc(-c2ccnc(-c3[c-]c(-c4cccc5c4nc(-c4cc(C(C)(C)C)ccc4O)n5-c4ccc(C([2H])([2H])C5CCCC5)cc4-c4ccccc4)cc(C(C)(C)C)c3)c2)cc1.[Pt]. The van der Waals surface area contributed by atoms with Crippen LogP contribution in [0.4, 0.5) is 0 Å². The second-order valence-electron chi connectivity index (χ2n) is 18.6. The number of hydrogen-bond acceptors (Lipinski definition) is 3. The van der Waals surface area contributed by atoms with Crippen LogP contribution in [-0.2, 0) is 38.3 Å². The molecule has 9 rings (SSSR count). The van der Waals surface area contributed by atoms with E-state index < -0.39 is 13.2 Å². The van der Waals surface area contributed by atoms with E-state index in [1.807, 2.05) is 78.9 Å². The van der Waals surface area contributed by atoms with E-state index in [-0.39, 0.29) is 43.6 Å². The summed E-state index contributed by atoms with van der Waals surface area (Å²) >= 11 is 0. The van der Waals surface area contributed by atoms with Crippen molar-refractivity contribution in [1.82, 2.24) is 14.5 Å². The van der Waals surface area contributed by atoms with Gasteiger partial charge in [0, 0.05) is 45.4 Å². The van der Waals surface area contributed by atoms with E-state index in [0.717, 1.165) is 98.2 Å². The number of nitrogens with zero attached hydrogens (tertiary/aromatic N) is 3. The van der Waals surface area contributed by atoms with Crippen LogP contribution in [-0.4, -0.2) is 19.6 Å². The fourth-order valence-electron chi connectivity index (χ4n) is 8.60. The number of pyridine rings is 1. The molecule has 2 heterocycles. The third kappa shape index (κ3) is 8.73. The number of para-hydroxylation sites is 1. The summed E-state index contributed by atoms with van der Waals surface area (Å²) in [4.78, 5) is 10.4. The van der Waals surface area contributed by atoms with Gasteiger partial charge < -0.3 is 5.11 Å². The monoisotopic (exact) mass is 998 g/mol. The molecule has 8 aromatic rings. The fourth-order valence-corrected chi connectivity index (χ4v) is 8.60. The van der Waals surface area contributed by atoms with Gasteiger partial charge in [-0.15, -0.1) is 29.3 Å². The van der Waals surface area contributed by atoms with Gasteiger partial charge in [-0.1, -0.05) is 169 Å². The molecule has 0 bridgehead atoms. The van der Waals surface area contributed by atoms with Crippen LogP contribution in [0.3, 0.4) is 0 Å². The number of benzene rings is 6. The van der Waals surface area contributed by atoms with Crippen LogP contribution in [0.2, 0.25) is 0 Å². The van der Waals surface area contributed by atoms with E-state index in [4.69, 9.17) is 14.1 Å². The Morgan fingerprint density at radius 1 is 0.694 bits per heavy atom. The van der Waals surface area contributed by atoms with Crippen LogP contribution in [0.25, 0.3) is 72.7 Å². The van der Waals surface area contributed by atoms with E-state index in [0.29, 0.717) is 22.5 Å². The molecule has 1 saturated carbocycles. The molecule has 0 amide bonds. The molecule has 1 fully saturated rings. The maximum atomic E-state index is 11.8. The van der Waals surface area contributed by atoms with Crippen molar-refractivity contribution in [3.63, 3.8) is 0 Å². The smallest absolute Gasteiger partial charge is 0.148 e. The maximum absolute atomic E-state index is 11.8. The molecule has 0 aliphatic heterocycles. The van der Waals surface area contributed by atoms with Crippen LogP contribution in [0.5, 0.6) is 5.75 Å². The van der Waals surface area contributed by atoms with Crippen molar-refractivity contribution >= 4 is 11.0 Å². The summed E-state index contributed by atoms with van der Waals surface area (Å²) in [6.45, 7) is 10.9. The summed E-state index contributed by atoms with van der Waals surface area (Å²) in [5.74, 6) is 0.629. The molecular formula is C57H56N3OPt-. The largest absolute Gasteiger partial charge is 0.507 e. The minimum absolute atomic E-state index is 0. The van der Waals surface area contributed by atoms with Gasteiger partial charge in [-0.3, -0.25) is 9.55 Å². The van der Waals surface area contributed by atoms with Crippen LogP contribution in [0.15, 0.2) is 140 Å². The molecule has 62 heavy (non-hydrogen) atoms. The zero-order chi connectivity index (χ0) is 46.8. The van der Waals surface area contributed by atoms with Gasteiger partial charge in [0.2, 0.25) is 0 Å². The molecule has 0 atom stereocenters. The minimum atomic E-state index is -2.18. The van der Waals surface area contributed by atoms with Crippen molar-refractivity contribution in [3.8, 4) is 67.5 Å². The first-order valence-electron chi connectivity index (χ1n) is 24.0. The third-order valence-electron chi connectivity index (χ3n) is 12.1. The van der Waals surface area contributed by atoms with Crippen molar-refractivity contribution in [2.45, 2.75) is 91.3 Å². The Morgan fingerprint density at radius 2 is 1.44 bits per heavy atom. The maximum Gasteiger partial charge on any atom is 0.148 e. The number of phenolic OH excluding ortho intramolecular Hbond substituents is 1. The zero-order valence-corrected chi connectivity index (χ0v) is 38.6. The summed E-state index contributed by atoms with van der Waals surface area (Å²) < 4.78 is 44.5. The number of rotatable bonds is 8. The number of phenols is 1. The summed E-state index contributed by atoms with van der Waals surface area (Å²) in [6.07, 6.45) is 4.11. The van der Waals surface area contributed by atoms with E-state index >= 15 is 0 Å². The molecule has 4 nitrogen and oxygen atoms in total. The topological polar surface area (TPSA) is 50.9 Å². The second-order valence-corrected chi connectivity index (χ2v) is 18.6. The Morgan fingerprint density at radius 3 is 2.16 bits per heavy atom. The van der Waals surface area contributed by atoms with Crippen molar-refractivity contribution in [2.24, 2.45) is 5.92 Å². The number of aromatic hydroxyl groups is 1. The molecule has 1 aliphatic carbocycles. The quantitative estimate of drug-likeness (QED) is 0.154. The standard InChI is InChI=1S/C57H56N3O.Pt/c1-37-20-23-40(24-21-37)42-28-29-58-50(35-42)44-32-43(33-46(34-44)57(5,6)7)47-18-13-19-52-54(47)59-55(49-36-45(56(2,3)4)25-27-53(49)61)60(52)51-26-22-39(30-38-14-11-12-15-38)31-48(51)41-16-9-8-10-17-41;/h8-10,13,16-29,31,33-36,38,61H,11-12,14-15,30H2,1-7H3;/q-1;/i1D3,30D2;. The van der Waals surface area contributed by atoms with Gasteiger partial charge in [0.25, 0.3) is 0 Å². The number of aromatic nitrogens is 3. The van der Waals surface area contributed by atoms with Crippen molar-refractivity contribution < 1.29 is 33.0 Å². The average molecular weight is 999 g/mol. The van der Waals surface area contributed by atoms with Gasteiger partial charge in [-0.2, -0.15) is 0 Å². The number of fused-ring (bicyclic) bond motifs is 1. The van der Waals surface area contributed by atoms with Crippen LogP contribution < -0.4 is 0 Å². The van der Waals surface area contributed by atoms with Gasteiger partial charge in [0.05, 0.1) is 22.3 Å². The number of imidazole rings is 1. The van der Waals surface area contributed by atoms with Gasteiger partial charge in [0.15, 0.2) is 0 Å². The van der Waals surface area contributed by atoms with Crippen molar-refractivity contribution in [2.75, 3.05) is 0 Å². The van der Waals surface area contributed by atoms with Gasteiger partial charge in [-0.05, 0) is 94.2 Å². The zero-order valence-electron chi connectivity index (χ0n) is 41.3. The summed E-state index contributed by atoms with van der Waals surface area (Å²) in [5.41, 5.74) is 12.5. The molecule has 0 radical (unpaired) electrons. The molecule has 1 N–H and O–H groups in total. The molecule has 6 aromatic carbocycles. The first-order chi connectivity index (χ1) is 31.3. The minimum Gasteiger partial charge on any atom is -0.507 e. The molecule has 316 valence electrons. The van der Waals surface area contributed by atoms with Crippen LogP contribution in [0.1, 0.15) is 96.3 Å². The summed E-state index contributed by atoms with van der Waals surface area (Å²) in [5, 5.41) is 11.8. The first kappa shape index (κ1) is 37.0. The van der Waals surface area contributed by atoms with Crippen LogP contribution >= 0.6 is 0 Å². The molecule has 0 saturated heterocycles. The van der Waals surface area contributed by atoms with Gasteiger partial charge in [-0.25, -0.2) is 4.98 Å². The molecule has 0 unspecified atom stereocenters. The Balaban J connectivity index is 0.00000608. The van der Waals surface area contributed by atoms with Crippen LogP contribution in [0, 0.1) is 18.8 Å². The summed E-state index contributed by atoms with van der Waals surface area (Å²) in [7, 11) is 0. The number of aryl methyl sites for hydroxylation is 1. The van der Waals surface area contributed by atoms with Crippen molar-refractivity contribution in [1.29, 1.82) is 0 Å². The molecule has 1 aliphatic rings. The Kier molecular flexibility index (Phi) is 10.3. The Bertz CT molecular complexity index is 3080. The van der Waals surface area contributed by atoms with Gasteiger partial charge >= 0.3 is 0 Å². The Hall–Kier alpha value is -5.57. The fraction of sp³-hybridized carbons (Fsp3) is 0.263. The first-order valence-corrected chi connectivity index (χ1v) is 21.5. The summed E-state index contributed by atoms with van der Waals surface area (Å²) in [6, 6.07) is 47.1. The normalized spacial score (nSPS) is 15.0. The van der Waals surface area contributed by atoms with Crippen molar-refractivity contribution in [3.05, 3.63) is 168 Å². The van der Waals surface area contributed by atoms with E-state index in [1.54, 1.807) is 24.4 Å². The number of hydrogen-bond donors (Lipinski definition) is 1.